The molecule has 1 aromatic carbocycles. The van der Waals surface area contributed by atoms with Gasteiger partial charge < -0.3 is 14.0 Å². The average Bonchev–Trinajstić information content (AvgIpc) is 3.23. The van der Waals surface area contributed by atoms with Crippen LogP contribution in [0.3, 0.4) is 0 Å². The predicted molar refractivity (Wildman–Crippen MR) is 92.5 cm³/mol. The highest BCUT2D eigenvalue weighted by Gasteiger charge is 2.30. The van der Waals surface area contributed by atoms with Crippen LogP contribution in [0.2, 0.25) is 0 Å². The molecule has 1 aromatic heterocycles. The number of methoxy groups -OCH3 is 2. The van der Waals surface area contributed by atoms with E-state index in [1.165, 1.54) is 0 Å². The number of benzene rings is 1. The molecule has 1 aliphatic rings. The van der Waals surface area contributed by atoms with Crippen molar-refractivity contribution in [2.75, 3.05) is 20.8 Å². The lowest BCUT2D eigenvalue weighted by Gasteiger charge is -2.23. The SMILES string of the molecule is COc1ccc(OC)c(CN2CCCC2c2cc(C(C)C)no2)c1. The molecule has 1 fully saturated rings. The van der Waals surface area contributed by atoms with Gasteiger partial charge in [0.2, 0.25) is 0 Å². The van der Waals surface area contributed by atoms with Gasteiger partial charge in [-0.25, -0.2) is 0 Å². The maximum absolute atomic E-state index is 5.63. The third kappa shape index (κ3) is 3.41. The zero-order chi connectivity index (χ0) is 17.1. The van der Waals surface area contributed by atoms with Gasteiger partial charge in [-0.05, 0) is 43.5 Å². The van der Waals surface area contributed by atoms with Crippen LogP contribution in [0.5, 0.6) is 11.5 Å². The van der Waals surface area contributed by atoms with Crippen LogP contribution in [-0.2, 0) is 6.54 Å². The summed E-state index contributed by atoms with van der Waals surface area (Å²) in [5, 5.41) is 4.22. The van der Waals surface area contributed by atoms with Gasteiger partial charge >= 0.3 is 0 Å². The zero-order valence-electron chi connectivity index (χ0n) is 14.9. The molecule has 1 unspecified atom stereocenters. The van der Waals surface area contributed by atoms with Gasteiger partial charge in [0.1, 0.15) is 11.5 Å². The van der Waals surface area contributed by atoms with Crippen molar-refractivity contribution in [2.45, 2.75) is 45.2 Å². The largest absolute Gasteiger partial charge is 0.497 e. The Morgan fingerprint density at radius 3 is 2.75 bits per heavy atom. The van der Waals surface area contributed by atoms with Crippen LogP contribution in [0.25, 0.3) is 0 Å². The smallest absolute Gasteiger partial charge is 0.154 e. The molecule has 0 saturated carbocycles. The molecule has 5 nitrogen and oxygen atoms in total. The molecule has 24 heavy (non-hydrogen) atoms. The molecule has 0 amide bonds. The van der Waals surface area contributed by atoms with Crippen LogP contribution in [0.4, 0.5) is 0 Å². The second-order valence-corrected chi connectivity index (χ2v) is 6.62. The number of ether oxygens (including phenoxy) is 2. The molecule has 130 valence electrons. The van der Waals surface area contributed by atoms with Gasteiger partial charge in [0, 0.05) is 18.2 Å². The normalized spacial score (nSPS) is 18.3. The van der Waals surface area contributed by atoms with E-state index < -0.39 is 0 Å². The quantitative estimate of drug-likeness (QED) is 0.796. The minimum atomic E-state index is 0.279. The lowest BCUT2D eigenvalue weighted by molar-refractivity contribution is 0.204. The van der Waals surface area contributed by atoms with Crippen LogP contribution in [0.15, 0.2) is 28.8 Å². The summed E-state index contributed by atoms with van der Waals surface area (Å²) in [6.07, 6.45) is 2.26. The maximum Gasteiger partial charge on any atom is 0.154 e. The summed E-state index contributed by atoms with van der Waals surface area (Å²) in [7, 11) is 3.39. The summed E-state index contributed by atoms with van der Waals surface area (Å²) in [5.41, 5.74) is 2.16. The highest BCUT2D eigenvalue weighted by Crippen LogP contribution is 2.36. The molecule has 3 rings (SSSR count). The van der Waals surface area contributed by atoms with Crippen molar-refractivity contribution in [1.82, 2.24) is 10.1 Å². The standard InChI is InChI=1S/C19H26N2O3/c1-13(2)16-11-19(24-20-16)17-6-5-9-21(17)12-14-10-15(22-3)7-8-18(14)23-4/h7-8,10-11,13,17H,5-6,9,12H2,1-4H3. The summed E-state index contributed by atoms with van der Waals surface area (Å²) in [6, 6.07) is 8.32. The topological polar surface area (TPSA) is 47.7 Å². The summed E-state index contributed by atoms with van der Waals surface area (Å²) in [4.78, 5) is 2.43. The number of aromatic nitrogens is 1. The van der Waals surface area contributed by atoms with Gasteiger partial charge in [-0.15, -0.1) is 0 Å². The third-order valence-corrected chi connectivity index (χ3v) is 4.69. The average molecular weight is 330 g/mol. The maximum atomic E-state index is 5.63. The van der Waals surface area contributed by atoms with Crippen molar-refractivity contribution in [2.24, 2.45) is 0 Å². The van der Waals surface area contributed by atoms with Crippen molar-refractivity contribution >= 4 is 0 Å². The number of nitrogens with zero attached hydrogens (tertiary/aromatic N) is 2. The van der Waals surface area contributed by atoms with Crippen molar-refractivity contribution in [3.8, 4) is 11.5 Å². The Balaban J connectivity index is 1.81. The van der Waals surface area contributed by atoms with E-state index in [4.69, 9.17) is 14.0 Å². The molecule has 1 saturated heterocycles. The Labute approximate surface area is 143 Å². The Morgan fingerprint density at radius 1 is 1.25 bits per heavy atom. The first-order chi connectivity index (χ1) is 11.6. The number of hydrogen-bond acceptors (Lipinski definition) is 5. The van der Waals surface area contributed by atoms with E-state index in [0.29, 0.717) is 5.92 Å². The minimum absolute atomic E-state index is 0.279. The van der Waals surface area contributed by atoms with E-state index in [2.05, 4.69) is 30.0 Å². The Hall–Kier alpha value is -2.01. The molecule has 0 bridgehead atoms. The van der Waals surface area contributed by atoms with E-state index in [-0.39, 0.29) is 6.04 Å². The molecule has 2 aromatic rings. The fourth-order valence-electron chi connectivity index (χ4n) is 3.29. The molecule has 0 N–H and O–H groups in total. The first kappa shape index (κ1) is 16.8. The molecule has 0 radical (unpaired) electrons. The van der Waals surface area contributed by atoms with Crippen LogP contribution in [-0.4, -0.2) is 30.8 Å². The fourth-order valence-corrected chi connectivity index (χ4v) is 3.29. The Morgan fingerprint density at radius 2 is 2.08 bits per heavy atom. The lowest BCUT2D eigenvalue weighted by atomic mass is 10.1. The van der Waals surface area contributed by atoms with Crippen molar-refractivity contribution < 1.29 is 14.0 Å². The summed E-state index contributed by atoms with van der Waals surface area (Å²) in [6.45, 7) is 6.12. The van der Waals surface area contributed by atoms with Crippen LogP contribution in [0, 0.1) is 0 Å². The monoisotopic (exact) mass is 330 g/mol. The predicted octanol–water partition coefficient (Wildman–Crippen LogP) is 4.15. The van der Waals surface area contributed by atoms with E-state index >= 15 is 0 Å². The second-order valence-electron chi connectivity index (χ2n) is 6.62. The van der Waals surface area contributed by atoms with Gasteiger partial charge in [0.05, 0.1) is 26.0 Å². The first-order valence-electron chi connectivity index (χ1n) is 8.53. The molecule has 1 atom stereocenters. The van der Waals surface area contributed by atoms with E-state index in [1.807, 2.05) is 18.2 Å². The second kappa shape index (κ2) is 7.26. The van der Waals surface area contributed by atoms with Crippen LogP contribution in [0.1, 0.15) is 55.7 Å². The Bertz CT molecular complexity index is 681. The summed E-state index contributed by atoms with van der Waals surface area (Å²) < 4.78 is 16.5. The molecule has 0 aliphatic carbocycles. The van der Waals surface area contributed by atoms with Gasteiger partial charge in [-0.2, -0.15) is 0 Å². The number of rotatable bonds is 6. The van der Waals surface area contributed by atoms with Crippen molar-refractivity contribution in [3.05, 3.63) is 41.3 Å². The molecular weight excluding hydrogens is 304 g/mol. The fraction of sp³-hybridized carbons (Fsp3) is 0.526. The Kier molecular flexibility index (Phi) is 5.09. The molecular formula is C19H26N2O3. The third-order valence-electron chi connectivity index (χ3n) is 4.69. The van der Waals surface area contributed by atoms with E-state index in [1.54, 1.807) is 14.2 Å². The van der Waals surface area contributed by atoms with Crippen LogP contribution >= 0.6 is 0 Å². The summed E-state index contributed by atoms with van der Waals surface area (Å²) in [5.74, 6) is 3.10. The van der Waals surface area contributed by atoms with E-state index in [9.17, 15) is 0 Å². The van der Waals surface area contributed by atoms with Gasteiger partial charge in [-0.1, -0.05) is 19.0 Å². The van der Waals surface area contributed by atoms with Gasteiger partial charge in [0.15, 0.2) is 5.76 Å². The van der Waals surface area contributed by atoms with E-state index in [0.717, 1.165) is 54.4 Å². The highest BCUT2D eigenvalue weighted by molar-refractivity contribution is 5.40. The van der Waals surface area contributed by atoms with Crippen molar-refractivity contribution in [3.63, 3.8) is 0 Å². The minimum Gasteiger partial charge on any atom is -0.497 e. The first-order valence-corrected chi connectivity index (χ1v) is 8.53. The number of likely N-dealkylation sites (tertiary alicyclic amines) is 1. The zero-order valence-corrected chi connectivity index (χ0v) is 14.9. The highest BCUT2D eigenvalue weighted by atomic mass is 16.5. The molecule has 5 heteroatoms. The lowest BCUT2D eigenvalue weighted by Crippen LogP contribution is -2.22. The van der Waals surface area contributed by atoms with Gasteiger partial charge in [0.25, 0.3) is 0 Å². The van der Waals surface area contributed by atoms with Crippen molar-refractivity contribution in [1.29, 1.82) is 0 Å². The van der Waals surface area contributed by atoms with Gasteiger partial charge in [-0.3, -0.25) is 4.90 Å². The summed E-state index contributed by atoms with van der Waals surface area (Å²) >= 11 is 0. The molecule has 1 aliphatic heterocycles. The number of hydrogen-bond donors (Lipinski definition) is 0. The molecule has 0 spiro atoms. The van der Waals surface area contributed by atoms with Crippen LogP contribution < -0.4 is 9.47 Å². The molecule has 2 heterocycles.